The number of hydrogen-bond donors (Lipinski definition) is 5. The van der Waals surface area contributed by atoms with Crippen LogP contribution in [0.25, 0.3) is 28.4 Å². The Morgan fingerprint density at radius 3 is 2.45 bits per heavy atom. The summed E-state index contributed by atoms with van der Waals surface area (Å²) < 4.78 is 50.4. The highest BCUT2D eigenvalue weighted by Gasteiger charge is 2.45. The number of carbonyl (C=O) groups excluding carboxylic acids is 5. The molecule has 3 atom stereocenters. The number of carbonyl (C=O) groups is 5. The summed E-state index contributed by atoms with van der Waals surface area (Å²) in [6.07, 6.45) is 9.42. The molecule has 20 nitrogen and oxygen atoms in total. The predicted molar refractivity (Wildman–Crippen MR) is 267 cm³/mol. The number of esters is 1. The number of pyridine rings is 2. The number of hydrogen-bond acceptors (Lipinski definition) is 15. The van der Waals surface area contributed by atoms with Crippen LogP contribution in [-0.4, -0.2) is 126 Å². The van der Waals surface area contributed by atoms with E-state index in [9.17, 15) is 46.7 Å². The van der Waals surface area contributed by atoms with Gasteiger partial charge in [-0.05, 0) is 88.8 Å². The lowest BCUT2D eigenvalue weighted by Gasteiger charge is -2.31. The maximum atomic E-state index is 14.9. The molecular weight excluding hydrogens is 966 g/mol. The van der Waals surface area contributed by atoms with Crippen molar-refractivity contribution in [1.29, 1.82) is 0 Å². The third kappa shape index (κ3) is 13.6. The highest BCUT2D eigenvalue weighted by molar-refractivity contribution is 7.90. The average molecular weight is 1030 g/mol. The molecule has 0 bridgehead atoms. The molecule has 73 heavy (non-hydrogen) atoms. The number of amides is 4. The zero-order chi connectivity index (χ0) is 53.2. The lowest BCUT2D eigenvalue weighted by molar-refractivity contribution is -0.172. The Kier molecular flexibility index (Phi) is 18.4. The number of nitrogens with one attached hydrogen (secondary N) is 4. The van der Waals surface area contributed by atoms with E-state index in [1.807, 2.05) is 19.0 Å². The Morgan fingerprint density at radius 2 is 1.77 bits per heavy atom. The van der Waals surface area contributed by atoms with Gasteiger partial charge in [-0.25, -0.2) is 32.6 Å². The Balaban J connectivity index is 1.02. The minimum Gasteiger partial charge on any atom is -0.458 e. The zero-order valence-electron chi connectivity index (χ0n) is 42.0. The normalized spacial score (nSPS) is 15.7. The molecule has 1 aromatic carbocycles. The summed E-state index contributed by atoms with van der Waals surface area (Å²) in [4.78, 5) is 93.8. The first-order valence-corrected chi connectivity index (χ1v) is 25.9. The first-order valence-electron chi connectivity index (χ1n) is 24.0. The van der Waals surface area contributed by atoms with Gasteiger partial charge in [-0.1, -0.05) is 44.8 Å². The van der Waals surface area contributed by atoms with Crippen molar-refractivity contribution in [3.8, 4) is 23.2 Å². The number of sulfone groups is 1. The molecule has 22 heteroatoms. The molecule has 3 aromatic heterocycles. The molecule has 0 saturated heterocycles. The molecule has 0 fully saturated rings. The third-order valence-electron chi connectivity index (χ3n) is 12.5. The Hall–Kier alpha value is -6.93. The van der Waals surface area contributed by atoms with Crippen molar-refractivity contribution >= 4 is 56.4 Å². The number of aromatic nitrogens is 4. The zero-order valence-corrected chi connectivity index (χ0v) is 42.8. The van der Waals surface area contributed by atoms with E-state index in [0.717, 1.165) is 19.2 Å². The van der Waals surface area contributed by atoms with Crippen molar-refractivity contribution in [2.75, 3.05) is 46.8 Å². The van der Waals surface area contributed by atoms with Crippen LogP contribution in [0.15, 0.2) is 46.6 Å². The van der Waals surface area contributed by atoms with Crippen molar-refractivity contribution in [2.45, 2.75) is 109 Å². The van der Waals surface area contributed by atoms with Crippen molar-refractivity contribution in [1.82, 2.24) is 45.7 Å². The highest BCUT2D eigenvalue weighted by Crippen LogP contribution is 2.41. The molecule has 0 aliphatic carbocycles. The van der Waals surface area contributed by atoms with Crippen LogP contribution >= 0.6 is 0 Å². The SMILES string of the molecule is CC[C@@]1(O)C(=O)OCc2c1cc1n(c2=O)Cc2c-1nc1cc(F)c(C)cc1c2/C=C/COCNC(=O)CNC(=O)[C@H](CCCCN(C)C)NC(=O)[C@@H](NC(=O)CCCC#Cc1cnc(S(C)(=O)=O)nc1)C(C)C. The number of benzene rings is 1. The van der Waals surface area contributed by atoms with Crippen molar-refractivity contribution < 1.29 is 51.4 Å². The predicted octanol–water partition coefficient (Wildman–Crippen LogP) is 2.52. The third-order valence-corrected chi connectivity index (χ3v) is 13.3. The van der Waals surface area contributed by atoms with Gasteiger partial charge >= 0.3 is 5.97 Å². The van der Waals surface area contributed by atoms with E-state index in [-0.39, 0.29) is 73.9 Å². The molecule has 0 spiro atoms. The molecule has 4 aromatic rings. The van der Waals surface area contributed by atoms with E-state index in [4.69, 9.17) is 14.5 Å². The Labute approximate surface area is 422 Å². The molecule has 5 heterocycles. The van der Waals surface area contributed by atoms with Crippen molar-refractivity contribution in [3.05, 3.63) is 86.2 Å². The van der Waals surface area contributed by atoms with Gasteiger partial charge < -0.3 is 45.3 Å². The van der Waals surface area contributed by atoms with Crippen LogP contribution in [0, 0.1) is 30.5 Å². The summed E-state index contributed by atoms with van der Waals surface area (Å²) in [5.41, 5.74) is 1.07. The lowest BCUT2D eigenvalue weighted by Crippen LogP contribution is -2.56. The highest BCUT2D eigenvalue weighted by atomic mass is 32.2. The fraction of sp³-hybridized carbons (Fsp3) is 0.471. The van der Waals surface area contributed by atoms with Gasteiger partial charge in [0, 0.05) is 54.1 Å². The second kappa shape index (κ2) is 24.2. The summed E-state index contributed by atoms with van der Waals surface area (Å²) in [6.45, 7) is 6.72. The number of fused-ring (bicyclic) bond motifs is 5. The van der Waals surface area contributed by atoms with E-state index in [0.29, 0.717) is 63.8 Å². The molecule has 0 unspecified atom stereocenters. The Bertz CT molecular complexity index is 3040. The van der Waals surface area contributed by atoms with Crippen molar-refractivity contribution in [3.63, 3.8) is 0 Å². The standard InChI is InChI=1S/C51H62FN9O11S/c1-8-51(68)37-22-41-45-35(27-61(41)48(66)36(37)28-72-49(51)67)33(34-21-31(4)38(52)23-40(34)57-45)16-14-20-71-29-56-43(63)26-53-46(64)39(17-12-13-19-60(5)6)58-47(65)44(30(2)3)59-42(62)18-11-9-10-15-32-24-54-50(55-25-32)73(7,69)70/h14,16,21-25,30,39,44,68H,8-9,11-13,17-20,26-29H2,1-7H3,(H,53,64)(H,56,63)(H,58,65)(H,59,62)/b16-14+/t39-,44-,51-/m0/s1. The van der Waals surface area contributed by atoms with Crippen molar-refractivity contribution in [2.24, 2.45) is 5.92 Å². The van der Waals surface area contributed by atoms with E-state index in [1.54, 1.807) is 52.0 Å². The van der Waals surface area contributed by atoms with Gasteiger partial charge in [0.2, 0.25) is 38.6 Å². The smallest absolute Gasteiger partial charge is 0.343 e. The fourth-order valence-corrected chi connectivity index (χ4v) is 8.86. The molecular formula is C51H62FN9O11S. The van der Waals surface area contributed by atoms with Gasteiger partial charge in [0.05, 0.1) is 47.7 Å². The molecule has 0 saturated carbocycles. The maximum absolute atomic E-state index is 14.9. The summed E-state index contributed by atoms with van der Waals surface area (Å²) in [5.74, 6) is 1.99. The number of unbranched alkanes of at least 4 members (excludes halogenated alkanes) is 2. The molecule has 5 N–H and O–H groups in total. The first kappa shape index (κ1) is 55.4. The molecule has 2 aliphatic rings. The average Bonchev–Trinajstić information content (AvgIpc) is 3.71. The monoisotopic (exact) mass is 1030 g/mol. The van der Waals surface area contributed by atoms with Gasteiger partial charge in [-0.2, -0.15) is 0 Å². The number of rotatable bonds is 22. The summed E-state index contributed by atoms with van der Waals surface area (Å²) in [6, 6.07) is 2.60. The molecule has 6 rings (SSSR count). The van der Waals surface area contributed by atoms with Gasteiger partial charge in [0.1, 0.15) is 31.2 Å². The van der Waals surface area contributed by atoms with Crippen LogP contribution < -0.4 is 26.8 Å². The quantitative estimate of drug-likeness (QED) is 0.0219. The van der Waals surface area contributed by atoms with E-state index >= 15 is 0 Å². The van der Waals surface area contributed by atoms with E-state index < -0.39 is 69.1 Å². The van der Waals surface area contributed by atoms with E-state index in [1.165, 1.54) is 23.0 Å². The lowest BCUT2D eigenvalue weighted by atomic mass is 9.86. The number of cyclic esters (lactones) is 1. The molecule has 390 valence electrons. The summed E-state index contributed by atoms with van der Waals surface area (Å²) >= 11 is 0. The Morgan fingerprint density at radius 1 is 1.03 bits per heavy atom. The van der Waals surface area contributed by atoms with Gasteiger partial charge in [0.25, 0.3) is 5.56 Å². The number of ether oxygens (including phenoxy) is 2. The minimum atomic E-state index is -3.54. The molecule has 4 amide bonds. The molecule has 2 aliphatic heterocycles. The number of nitrogens with zero attached hydrogens (tertiary/aromatic N) is 5. The van der Waals surface area contributed by atoms with E-state index in [2.05, 4.69) is 43.1 Å². The van der Waals surface area contributed by atoms with Gasteiger partial charge in [-0.15, -0.1) is 0 Å². The topological polar surface area (TPSA) is 270 Å². The summed E-state index contributed by atoms with van der Waals surface area (Å²) in [5, 5.41) is 22.3. The largest absolute Gasteiger partial charge is 0.458 e. The second-order valence-corrected chi connectivity index (χ2v) is 20.6. The van der Waals surface area contributed by atoms with Crippen LogP contribution in [0.4, 0.5) is 4.39 Å². The van der Waals surface area contributed by atoms with Crippen LogP contribution in [0.3, 0.4) is 0 Å². The fourth-order valence-electron chi connectivity index (χ4n) is 8.37. The van der Waals surface area contributed by atoms with Crippen LogP contribution in [0.2, 0.25) is 0 Å². The van der Waals surface area contributed by atoms with Gasteiger partial charge in [-0.3, -0.25) is 24.0 Å². The molecule has 0 radical (unpaired) electrons. The van der Waals surface area contributed by atoms with Gasteiger partial charge in [0.15, 0.2) is 5.60 Å². The number of halogens is 1. The van der Waals surface area contributed by atoms with Crippen LogP contribution in [0.5, 0.6) is 0 Å². The summed E-state index contributed by atoms with van der Waals surface area (Å²) in [7, 11) is 0.308. The van der Waals surface area contributed by atoms with Crippen LogP contribution in [0.1, 0.15) is 99.1 Å². The maximum Gasteiger partial charge on any atom is 0.343 e. The minimum absolute atomic E-state index is 0.0134. The first-order chi connectivity index (χ1) is 34.6. The second-order valence-electron chi connectivity index (χ2n) is 18.6. The number of aliphatic hydroxyl groups is 1. The number of aryl methyl sites for hydroxylation is 1. The van der Waals surface area contributed by atoms with Crippen LogP contribution in [-0.2, 0) is 62.0 Å².